The Balaban J connectivity index is 3.12. The molecule has 11 heavy (non-hydrogen) atoms. The molecule has 0 heterocycles. The van der Waals surface area contributed by atoms with Gasteiger partial charge in [0.2, 0.25) is 0 Å². The first-order valence-corrected chi connectivity index (χ1v) is 3.60. The maximum absolute atomic E-state index is 8.90. The zero-order valence-corrected chi connectivity index (χ0v) is 6.67. The first-order valence-electron chi connectivity index (χ1n) is 3.60. The molecule has 0 aliphatic heterocycles. The van der Waals surface area contributed by atoms with E-state index in [2.05, 4.69) is 6.58 Å². The summed E-state index contributed by atoms with van der Waals surface area (Å²) in [6.07, 6.45) is 1.78. The van der Waals surface area contributed by atoms with E-state index in [4.69, 9.17) is 5.11 Å². The van der Waals surface area contributed by atoms with Crippen LogP contribution in [0.4, 0.5) is 0 Å². The van der Waals surface area contributed by atoms with E-state index in [1.165, 1.54) is 0 Å². The Hall–Kier alpha value is -1.08. The lowest BCUT2D eigenvalue weighted by Gasteiger charge is -2.02. The van der Waals surface area contributed by atoms with Gasteiger partial charge in [0.05, 0.1) is 6.61 Å². The van der Waals surface area contributed by atoms with Crippen molar-refractivity contribution in [3.8, 4) is 0 Å². The van der Waals surface area contributed by atoms with Gasteiger partial charge in [-0.2, -0.15) is 0 Å². The van der Waals surface area contributed by atoms with Crippen molar-refractivity contribution in [2.24, 2.45) is 0 Å². The molecule has 1 N–H and O–H groups in total. The molecule has 0 bridgehead atoms. The van der Waals surface area contributed by atoms with Crippen LogP contribution >= 0.6 is 0 Å². The smallest absolute Gasteiger partial charge is 0.0684 e. The molecule has 0 saturated carbocycles. The average Bonchev–Trinajstić information content (AvgIpc) is 2.05. The molecule has 0 spiro atoms. The Labute approximate surface area is 67.0 Å². The van der Waals surface area contributed by atoms with Gasteiger partial charge in [0, 0.05) is 0 Å². The minimum absolute atomic E-state index is 0.105. The summed E-state index contributed by atoms with van der Waals surface area (Å²) in [5.74, 6) is 0. The summed E-state index contributed by atoms with van der Waals surface area (Å²) < 4.78 is 0. The topological polar surface area (TPSA) is 20.2 Å². The predicted molar refractivity (Wildman–Crippen MR) is 47.2 cm³/mol. The fourth-order valence-electron chi connectivity index (χ4n) is 0.989. The molecule has 1 aromatic rings. The monoisotopic (exact) mass is 148 g/mol. The highest BCUT2D eigenvalue weighted by molar-refractivity contribution is 5.49. The van der Waals surface area contributed by atoms with Crippen molar-refractivity contribution in [3.05, 3.63) is 41.5 Å². The third-order valence-corrected chi connectivity index (χ3v) is 1.78. The third-order valence-electron chi connectivity index (χ3n) is 1.78. The van der Waals surface area contributed by atoms with E-state index in [-0.39, 0.29) is 6.61 Å². The Morgan fingerprint density at radius 3 is 2.82 bits per heavy atom. The highest BCUT2D eigenvalue weighted by Gasteiger charge is 1.95. The second-order valence-electron chi connectivity index (χ2n) is 2.55. The average molecular weight is 148 g/mol. The van der Waals surface area contributed by atoms with Crippen LogP contribution in [0.1, 0.15) is 16.7 Å². The molecule has 0 aliphatic carbocycles. The molecule has 0 unspecified atom stereocenters. The molecule has 1 aromatic carbocycles. The lowest BCUT2D eigenvalue weighted by atomic mass is 10.1. The SMILES string of the molecule is C=Cc1ccc(C)c(CO)c1. The third kappa shape index (κ3) is 1.69. The summed E-state index contributed by atoms with van der Waals surface area (Å²) >= 11 is 0. The molecule has 1 rings (SSSR count). The van der Waals surface area contributed by atoms with Crippen molar-refractivity contribution in [2.45, 2.75) is 13.5 Å². The summed E-state index contributed by atoms with van der Waals surface area (Å²) in [6, 6.07) is 5.92. The van der Waals surface area contributed by atoms with Gasteiger partial charge >= 0.3 is 0 Å². The van der Waals surface area contributed by atoms with Crippen LogP contribution in [-0.2, 0) is 6.61 Å². The number of benzene rings is 1. The fraction of sp³-hybridized carbons (Fsp3) is 0.200. The summed E-state index contributed by atoms with van der Waals surface area (Å²) in [7, 11) is 0. The van der Waals surface area contributed by atoms with Gasteiger partial charge in [-0.3, -0.25) is 0 Å². The van der Waals surface area contributed by atoms with Gasteiger partial charge in [-0.05, 0) is 29.7 Å². The Kier molecular flexibility index (Phi) is 2.44. The van der Waals surface area contributed by atoms with Gasteiger partial charge in [0.1, 0.15) is 0 Å². The summed E-state index contributed by atoms with van der Waals surface area (Å²) in [5.41, 5.74) is 3.15. The summed E-state index contributed by atoms with van der Waals surface area (Å²) in [6.45, 7) is 5.74. The van der Waals surface area contributed by atoms with E-state index in [9.17, 15) is 0 Å². The van der Waals surface area contributed by atoms with E-state index in [0.717, 1.165) is 16.7 Å². The molecule has 0 aromatic heterocycles. The van der Waals surface area contributed by atoms with Crippen molar-refractivity contribution in [1.82, 2.24) is 0 Å². The van der Waals surface area contributed by atoms with Crippen LogP contribution in [0.2, 0.25) is 0 Å². The molecule has 0 aliphatic rings. The molecule has 0 saturated heterocycles. The highest BCUT2D eigenvalue weighted by atomic mass is 16.3. The van der Waals surface area contributed by atoms with E-state index < -0.39 is 0 Å². The maximum Gasteiger partial charge on any atom is 0.0684 e. The normalized spacial score (nSPS) is 9.64. The lowest BCUT2D eigenvalue weighted by molar-refractivity contribution is 0.281. The van der Waals surface area contributed by atoms with Crippen LogP contribution in [0, 0.1) is 6.92 Å². The van der Waals surface area contributed by atoms with E-state index in [1.807, 2.05) is 25.1 Å². The molecular weight excluding hydrogens is 136 g/mol. The van der Waals surface area contributed by atoms with Crippen LogP contribution in [0.25, 0.3) is 6.08 Å². The first kappa shape index (κ1) is 8.02. The second kappa shape index (κ2) is 3.35. The number of rotatable bonds is 2. The zero-order valence-electron chi connectivity index (χ0n) is 6.67. The zero-order chi connectivity index (χ0) is 8.27. The Morgan fingerprint density at radius 2 is 2.27 bits per heavy atom. The largest absolute Gasteiger partial charge is 0.392 e. The van der Waals surface area contributed by atoms with Crippen molar-refractivity contribution in [2.75, 3.05) is 0 Å². The standard InChI is InChI=1S/C10H12O/c1-3-9-5-4-8(2)10(6-9)7-11/h3-6,11H,1,7H2,2H3. The van der Waals surface area contributed by atoms with Crippen LogP contribution in [0.5, 0.6) is 0 Å². The Bertz CT molecular complexity index is 264. The molecular formula is C10H12O. The van der Waals surface area contributed by atoms with Crippen LogP contribution in [0.15, 0.2) is 24.8 Å². The number of aliphatic hydroxyl groups excluding tert-OH is 1. The highest BCUT2D eigenvalue weighted by Crippen LogP contribution is 2.11. The van der Waals surface area contributed by atoms with Crippen LogP contribution in [0.3, 0.4) is 0 Å². The Morgan fingerprint density at radius 1 is 1.55 bits per heavy atom. The van der Waals surface area contributed by atoms with Crippen LogP contribution < -0.4 is 0 Å². The molecule has 0 fully saturated rings. The molecule has 1 nitrogen and oxygen atoms in total. The quantitative estimate of drug-likeness (QED) is 0.681. The van der Waals surface area contributed by atoms with E-state index in [1.54, 1.807) is 6.08 Å². The van der Waals surface area contributed by atoms with Gasteiger partial charge in [-0.15, -0.1) is 0 Å². The number of hydrogen-bond acceptors (Lipinski definition) is 1. The lowest BCUT2D eigenvalue weighted by Crippen LogP contribution is -1.88. The predicted octanol–water partition coefficient (Wildman–Crippen LogP) is 2.13. The van der Waals surface area contributed by atoms with Crippen molar-refractivity contribution in [1.29, 1.82) is 0 Å². The molecule has 1 heteroatoms. The van der Waals surface area contributed by atoms with Crippen molar-refractivity contribution >= 4 is 6.08 Å². The summed E-state index contributed by atoms with van der Waals surface area (Å²) in [5, 5.41) is 8.90. The second-order valence-corrected chi connectivity index (χ2v) is 2.55. The minimum Gasteiger partial charge on any atom is -0.392 e. The van der Waals surface area contributed by atoms with E-state index in [0.29, 0.717) is 0 Å². The van der Waals surface area contributed by atoms with Crippen molar-refractivity contribution < 1.29 is 5.11 Å². The summed E-state index contributed by atoms with van der Waals surface area (Å²) in [4.78, 5) is 0. The number of hydrogen-bond donors (Lipinski definition) is 1. The van der Waals surface area contributed by atoms with Gasteiger partial charge in [-0.1, -0.05) is 24.8 Å². The van der Waals surface area contributed by atoms with Crippen molar-refractivity contribution in [3.63, 3.8) is 0 Å². The molecule has 0 atom stereocenters. The van der Waals surface area contributed by atoms with Gasteiger partial charge in [-0.25, -0.2) is 0 Å². The van der Waals surface area contributed by atoms with Gasteiger partial charge in [0.15, 0.2) is 0 Å². The van der Waals surface area contributed by atoms with Crippen LogP contribution in [-0.4, -0.2) is 5.11 Å². The van der Waals surface area contributed by atoms with Gasteiger partial charge in [0.25, 0.3) is 0 Å². The maximum atomic E-state index is 8.90. The number of aryl methyl sites for hydroxylation is 1. The molecule has 0 radical (unpaired) electrons. The first-order chi connectivity index (χ1) is 5.27. The molecule has 58 valence electrons. The number of aliphatic hydroxyl groups is 1. The van der Waals surface area contributed by atoms with E-state index >= 15 is 0 Å². The van der Waals surface area contributed by atoms with Gasteiger partial charge < -0.3 is 5.11 Å². The molecule has 0 amide bonds. The fourth-order valence-corrected chi connectivity index (χ4v) is 0.989. The minimum atomic E-state index is 0.105.